The summed E-state index contributed by atoms with van der Waals surface area (Å²) in [6, 6.07) is 8.49. The molecule has 0 bridgehead atoms. The monoisotopic (exact) mass is 414 g/mol. The molecule has 0 heterocycles. The van der Waals surface area contributed by atoms with Gasteiger partial charge in [0.1, 0.15) is 0 Å². The van der Waals surface area contributed by atoms with Crippen LogP contribution in [-0.4, -0.2) is 45.3 Å². The van der Waals surface area contributed by atoms with Gasteiger partial charge < -0.3 is 31.1 Å². The van der Waals surface area contributed by atoms with Crippen molar-refractivity contribution < 1.29 is 30.0 Å². The highest BCUT2D eigenvalue weighted by molar-refractivity contribution is 5.98. The van der Waals surface area contributed by atoms with Crippen LogP contribution in [0.4, 0.5) is 0 Å². The number of carbonyl (C=O) groups is 2. The number of aromatic hydroxyl groups is 4. The lowest BCUT2D eigenvalue weighted by Gasteiger charge is -2.29. The van der Waals surface area contributed by atoms with E-state index in [4.69, 9.17) is 0 Å². The maximum atomic E-state index is 12.3. The number of rotatable bonds is 6. The van der Waals surface area contributed by atoms with Crippen molar-refractivity contribution in [1.82, 2.24) is 10.6 Å². The van der Waals surface area contributed by atoms with Gasteiger partial charge in [-0.15, -0.1) is 0 Å². The van der Waals surface area contributed by atoms with Crippen molar-refractivity contribution >= 4 is 11.8 Å². The number of amides is 2. The Morgan fingerprint density at radius 3 is 1.63 bits per heavy atom. The fourth-order valence-corrected chi connectivity index (χ4v) is 3.87. The van der Waals surface area contributed by atoms with Gasteiger partial charge in [0, 0.05) is 13.1 Å². The number of phenols is 4. The summed E-state index contributed by atoms with van der Waals surface area (Å²) in [5, 5.41) is 44.3. The van der Waals surface area contributed by atoms with Crippen molar-refractivity contribution in [3.63, 3.8) is 0 Å². The minimum atomic E-state index is -0.446. The largest absolute Gasteiger partial charge is 0.504 e. The molecule has 0 aliphatic heterocycles. The molecule has 1 aliphatic carbocycles. The first-order valence-electron chi connectivity index (χ1n) is 9.95. The van der Waals surface area contributed by atoms with Crippen molar-refractivity contribution in [1.29, 1.82) is 0 Å². The highest BCUT2D eigenvalue weighted by Crippen LogP contribution is 2.31. The lowest BCUT2D eigenvalue weighted by atomic mass is 9.81. The van der Waals surface area contributed by atoms with E-state index in [1.807, 2.05) is 0 Å². The van der Waals surface area contributed by atoms with Crippen LogP contribution >= 0.6 is 0 Å². The number of hydrogen-bond donors (Lipinski definition) is 6. The zero-order valence-corrected chi connectivity index (χ0v) is 16.5. The molecule has 8 heteroatoms. The number of nitrogens with one attached hydrogen (secondary N) is 2. The summed E-state index contributed by atoms with van der Waals surface area (Å²) in [6.07, 6.45) is 3.68. The maximum absolute atomic E-state index is 12.3. The van der Waals surface area contributed by atoms with Gasteiger partial charge in [-0.2, -0.15) is 0 Å². The van der Waals surface area contributed by atoms with E-state index in [9.17, 15) is 30.0 Å². The quantitative estimate of drug-likeness (QED) is 0.402. The number of hydrogen-bond acceptors (Lipinski definition) is 6. The lowest BCUT2D eigenvalue weighted by Crippen LogP contribution is -2.35. The molecule has 8 nitrogen and oxygen atoms in total. The summed E-state index contributed by atoms with van der Waals surface area (Å²) < 4.78 is 0. The highest BCUT2D eigenvalue weighted by atomic mass is 16.3. The van der Waals surface area contributed by atoms with Crippen molar-refractivity contribution in [3.05, 3.63) is 47.5 Å². The van der Waals surface area contributed by atoms with Crippen molar-refractivity contribution in [2.45, 2.75) is 25.7 Å². The summed E-state index contributed by atoms with van der Waals surface area (Å²) in [5.74, 6) is -1.97. The van der Waals surface area contributed by atoms with Crippen LogP contribution in [0.2, 0.25) is 0 Å². The van der Waals surface area contributed by atoms with E-state index in [1.54, 1.807) is 0 Å². The van der Waals surface area contributed by atoms with Crippen LogP contribution in [0.1, 0.15) is 46.4 Å². The second-order valence-electron chi connectivity index (χ2n) is 7.67. The molecule has 0 aromatic heterocycles. The third-order valence-corrected chi connectivity index (χ3v) is 5.51. The van der Waals surface area contributed by atoms with E-state index in [-0.39, 0.29) is 34.5 Å². The van der Waals surface area contributed by atoms with E-state index < -0.39 is 23.3 Å². The number of carbonyl (C=O) groups excluding carboxylic acids is 2. The van der Waals surface area contributed by atoms with Gasteiger partial charge in [0.2, 0.25) is 0 Å². The smallest absolute Gasteiger partial charge is 0.255 e. The lowest BCUT2D eigenvalue weighted by molar-refractivity contribution is 0.0932. The summed E-state index contributed by atoms with van der Waals surface area (Å²) in [4.78, 5) is 24.6. The molecule has 6 N–H and O–H groups in total. The molecule has 2 aromatic carbocycles. The fourth-order valence-electron chi connectivity index (χ4n) is 3.87. The Hall–Kier alpha value is -3.42. The first-order chi connectivity index (χ1) is 14.4. The fraction of sp³-hybridized carbons (Fsp3) is 0.364. The minimum absolute atomic E-state index is 0.0283. The van der Waals surface area contributed by atoms with Crippen LogP contribution in [0.15, 0.2) is 36.4 Å². The highest BCUT2D eigenvalue weighted by Gasteiger charge is 2.24. The predicted octanol–water partition coefficient (Wildman–Crippen LogP) is 2.48. The Labute approximate surface area is 174 Å². The Bertz CT molecular complexity index is 856. The standard InChI is InChI=1S/C22H26N2O6/c25-17-8-2-6-15(19(17)27)21(29)23-11-13-4-1-5-14(10-13)12-24-22(30)16-7-3-9-18(26)20(16)28/h2-3,6-9,13-14,25-28H,1,4-5,10-12H2,(H,23,29)(H,24,30). The van der Waals surface area contributed by atoms with Gasteiger partial charge >= 0.3 is 0 Å². The third-order valence-electron chi connectivity index (χ3n) is 5.51. The summed E-state index contributed by atoms with van der Waals surface area (Å²) >= 11 is 0. The van der Waals surface area contributed by atoms with Crippen LogP contribution in [-0.2, 0) is 0 Å². The van der Waals surface area contributed by atoms with Crippen LogP contribution in [0.3, 0.4) is 0 Å². The number of phenolic OH excluding ortho intramolecular Hbond substituents is 4. The number of benzene rings is 2. The molecule has 0 spiro atoms. The summed E-state index contributed by atoms with van der Waals surface area (Å²) in [6.45, 7) is 0.872. The van der Waals surface area contributed by atoms with Crippen molar-refractivity contribution in [2.75, 3.05) is 13.1 Å². The average molecular weight is 414 g/mol. The first kappa shape index (κ1) is 21.3. The predicted molar refractivity (Wildman–Crippen MR) is 110 cm³/mol. The van der Waals surface area contributed by atoms with Gasteiger partial charge in [0.15, 0.2) is 23.0 Å². The third kappa shape index (κ3) is 4.94. The number of para-hydroxylation sites is 2. The Morgan fingerprint density at radius 1 is 0.767 bits per heavy atom. The molecule has 2 atom stereocenters. The Morgan fingerprint density at radius 2 is 1.20 bits per heavy atom. The molecule has 1 saturated carbocycles. The van der Waals surface area contributed by atoms with E-state index in [0.717, 1.165) is 25.7 Å². The molecule has 160 valence electrons. The first-order valence-corrected chi connectivity index (χ1v) is 9.95. The normalized spacial score (nSPS) is 18.5. The van der Waals surface area contributed by atoms with E-state index >= 15 is 0 Å². The van der Waals surface area contributed by atoms with Gasteiger partial charge in [0.05, 0.1) is 11.1 Å². The van der Waals surface area contributed by atoms with Crippen LogP contribution in [0.5, 0.6) is 23.0 Å². The molecular formula is C22H26N2O6. The van der Waals surface area contributed by atoms with Crippen LogP contribution < -0.4 is 10.6 Å². The van der Waals surface area contributed by atoms with Gasteiger partial charge in [-0.05, 0) is 55.4 Å². The molecule has 1 fully saturated rings. The second kappa shape index (κ2) is 9.39. The zero-order valence-electron chi connectivity index (χ0n) is 16.5. The molecule has 2 unspecified atom stereocenters. The zero-order chi connectivity index (χ0) is 21.7. The minimum Gasteiger partial charge on any atom is -0.504 e. The van der Waals surface area contributed by atoms with E-state index in [1.165, 1.54) is 36.4 Å². The molecule has 3 rings (SSSR count). The van der Waals surface area contributed by atoms with Crippen molar-refractivity contribution in [3.8, 4) is 23.0 Å². The summed E-state index contributed by atoms with van der Waals surface area (Å²) in [5.41, 5.74) is 0.0566. The molecule has 2 aromatic rings. The van der Waals surface area contributed by atoms with E-state index in [2.05, 4.69) is 10.6 Å². The van der Waals surface area contributed by atoms with Gasteiger partial charge in [-0.1, -0.05) is 18.6 Å². The van der Waals surface area contributed by atoms with Gasteiger partial charge in [0.25, 0.3) is 11.8 Å². The van der Waals surface area contributed by atoms with E-state index in [0.29, 0.717) is 13.1 Å². The molecule has 30 heavy (non-hydrogen) atoms. The Balaban J connectivity index is 1.49. The topological polar surface area (TPSA) is 139 Å². The van der Waals surface area contributed by atoms with Gasteiger partial charge in [-0.3, -0.25) is 9.59 Å². The van der Waals surface area contributed by atoms with Crippen molar-refractivity contribution in [2.24, 2.45) is 11.8 Å². The molecular weight excluding hydrogens is 388 g/mol. The van der Waals surface area contributed by atoms with Crippen LogP contribution in [0, 0.1) is 11.8 Å². The summed E-state index contributed by atoms with van der Waals surface area (Å²) in [7, 11) is 0. The molecule has 2 amide bonds. The van der Waals surface area contributed by atoms with Crippen LogP contribution in [0.25, 0.3) is 0 Å². The average Bonchev–Trinajstić information content (AvgIpc) is 2.74. The Kier molecular flexibility index (Phi) is 6.66. The molecule has 1 aliphatic rings. The molecule has 0 radical (unpaired) electrons. The second-order valence-corrected chi connectivity index (χ2v) is 7.67. The SMILES string of the molecule is O=C(NCC1CCCC(CNC(=O)c2cccc(O)c2O)C1)c1cccc(O)c1O. The molecule has 0 saturated heterocycles. The maximum Gasteiger partial charge on any atom is 0.255 e. The van der Waals surface area contributed by atoms with Gasteiger partial charge in [-0.25, -0.2) is 0 Å².